The fourth-order valence-electron chi connectivity index (χ4n) is 1.98. The van der Waals surface area contributed by atoms with Crippen molar-refractivity contribution in [1.82, 2.24) is 15.5 Å². The Morgan fingerprint density at radius 2 is 2.21 bits per heavy atom. The van der Waals surface area contributed by atoms with E-state index in [4.69, 9.17) is 10.3 Å². The summed E-state index contributed by atoms with van der Waals surface area (Å²) >= 11 is 0. The summed E-state index contributed by atoms with van der Waals surface area (Å²) < 4.78 is 5.18. The molecule has 0 radical (unpaired) electrons. The van der Waals surface area contributed by atoms with Gasteiger partial charge in [-0.05, 0) is 24.7 Å². The molecule has 1 aromatic rings. The summed E-state index contributed by atoms with van der Waals surface area (Å²) in [6.45, 7) is 6.83. The number of nitrogens with zero attached hydrogens (tertiary/aromatic N) is 2. The van der Waals surface area contributed by atoms with Crippen LogP contribution in [0.2, 0.25) is 0 Å². The molecule has 6 nitrogen and oxygen atoms in total. The minimum Gasteiger partial charge on any atom is -0.346 e. The SMILES string of the molecule is CC(C)(C)CC(CN)c1nc(C(=O)NC2CC2)no1. The molecule has 1 saturated carbocycles. The van der Waals surface area contributed by atoms with Crippen molar-refractivity contribution in [3.63, 3.8) is 0 Å². The van der Waals surface area contributed by atoms with Crippen molar-refractivity contribution >= 4 is 5.91 Å². The van der Waals surface area contributed by atoms with Gasteiger partial charge in [-0.1, -0.05) is 25.9 Å². The molecule has 1 heterocycles. The Bertz CT molecular complexity index is 446. The Labute approximate surface area is 113 Å². The van der Waals surface area contributed by atoms with Gasteiger partial charge >= 0.3 is 0 Å². The second kappa shape index (κ2) is 5.28. The second-order valence-electron chi connectivity index (χ2n) is 6.40. The summed E-state index contributed by atoms with van der Waals surface area (Å²) in [6.07, 6.45) is 2.91. The molecule has 1 aliphatic carbocycles. The number of nitrogens with one attached hydrogen (secondary N) is 1. The average molecular weight is 266 g/mol. The molecular weight excluding hydrogens is 244 g/mol. The van der Waals surface area contributed by atoms with Crippen LogP contribution in [-0.2, 0) is 0 Å². The third-order valence-electron chi connectivity index (χ3n) is 3.05. The summed E-state index contributed by atoms with van der Waals surface area (Å²) in [6, 6.07) is 0.286. The first-order chi connectivity index (χ1) is 8.89. The predicted octanol–water partition coefficient (Wildman–Crippen LogP) is 1.44. The number of nitrogens with two attached hydrogens (primary N) is 1. The zero-order valence-electron chi connectivity index (χ0n) is 11.8. The molecule has 6 heteroatoms. The monoisotopic (exact) mass is 266 g/mol. The van der Waals surface area contributed by atoms with E-state index in [-0.39, 0.29) is 29.1 Å². The third kappa shape index (κ3) is 4.02. The molecule has 0 bridgehead atoms. The van der Waals surface area contributed by atoms with Gasteiger partial charge < -0.3 is 15.6 Å². The van der Waals surface area contributed by atoms with Gasteiger partial charge in [-0.25, -0.2) is 0 Å². The number of amides is 1. The van der Waals surface area contributed by atoms with E-state index < -0.39 is 0 Å². The highest BCUT2D eigenvalue weighted by Crippen LogP contribution is 2.29. The molecule has 106 valence electrons. The van der Waals surface area contributed by atoms with Gasteiger partial charge in [0.25, 0.3) is 11.7 Å². The summed E-state index contributed by atoms with van der Waals surface area (Å²) in [7, 11) is 0. The third-order valence-corrected chi connectivity index (χ3v) is 3.05. The van der Waals surface area contributed by atoms with E-state index in [1.54, 1.807) is 0 Å². The highest BCUT2D eigenvalue weighted by Gasteiger charge is 2.28. The van der Waals surface area contributed by atoms with Crippen molar-refractivity contribution in [1.29, 1.82) is 0 Å². The molecule has 1 atom stereocenters. The number of hydrogen-bond acceptors (Lipinski definition) is 5. The maximum absolute atomic E-state index is 11.8. The van der Waals surface area contributed by atoms with Gasteiger partial charge in [0.15, 0.2) is 0 Å². The number of aromatic nitrogens is 2. The lowest BCUT2D eigenvalue weighted by Crippen LogP contribution is -2.26. The zero-order valence-corrected chi connectivity index (χ0v) is 11.8. The van der Waals surface area contributed by atoms with E-state index >= 15 is 0 Å². The predicted molar refractivity (Wildman–Crippen MR) is 70.7 cm³/mol. The first-order valence-electron chi connectivity index (χ1n) is 6.73. The van der Waals surface area contributed by atoms with E-state index in [0.29, 0.717) is 12.4 Å². The summed E-state index contributed by atoms with van der Waals surface area (Å²) in [4.78, 5) is 16.0. The summed E-state index contributed by atoms with van der Waals surface area (Å²) in [5.41, 5.74) is 5.88. The standard InChI is InChI=1S/C13H22N4O2/c1-13(2,3)6-8(7-14)12-16-10(17-19-12)11(18)15-9-4-5-9/h8-9H,4-7,14H2,1-3H3,(H,15,18). The Hall–Kier alpha value is -1.43. The molecule has 0 aromatic carbocycles. The van der Waals surface area contributed by atoms with Gasteiger partial charge in [0.1, 0.15) is 0 Å². The van der Waals surface area contributed by atoms with Crippen LogP contribution in [-0.4, -0.2) is 28.6 Å². The van der Waals surface area contributed by atoms with Crippen molar-refractivity contribution in [2.75, 3.05) is 6.54 Å². The largest absolute Gasteiger partial charge is 0.346 e. The van der Waals surface area contributed by atoms with Crippen LogP contribution in [0, 0.1) is 5.41 Å². The molecule has 2 rings (SSSR count). The van der Waals surface area contributed by atoms with Crippen molar-refractivity contribution in [3.05, 3.63) is 11.7 Å². The normalized spacial score (nSPS) is 17.3. The average Bonchev–Trinajstić information content (AvgIpc) is 2.98. The van der Waals surface area contributed by atoms with E-state index in [0.717, 1.165) is 19.3 Å². The van der Waals surface area contributed by atoms with Gasteiger partial charge in [0.05, 0.1) is 5.92 Å². The van der Waals surface area contributed by atoms with Gasteiger partial charge in [0.2, 0.25) is 5.89 Å². The Morgan fingerprint density at radius 3 is 2.74 bits per heavy atom. The number of hydrogen-bond donors (Lipinski definition) is 2. The summed E-state index contributed by atoms with van der Waals surface area (Å²) in [5, 5.41) is 6.58. The zero-order chi connectivity index (χ0) is 14.0. The van der Waals surface area contributed by atoms with Crippen LogP contribution in [0.3, 0.4) is 0 Å². The van der Waals surface area contributed by atoms with Gasteiger partial charge in [-0.15, -0.1) is 0 Å². The molecule has 19 heavy (non-hydrogen) atoms. The van der Waals surface area contributed by atoms with Crippen LogP contribution in [0.1, 0.15) is 62.5 Å². The maximum Gasteiger partial charge on any atom is 0.292 e. The molecule has 1 aliphatic rings. The fraction of sp³-hybridized carbons (Fsp3) is 0.769. The highest BCUT2D eigenvalue weighted by atomic mass is 16.5. The van der Waals surface area contributed by atoms with Crippen LogP contribution < -0.4 is 11.1 Å². The van der Waals surface area contributed by atoms with Gasteiger partial charge in [-0.2, -0.15) is 4.98 Å². The molecule has 1 fully saturated rings. The van der Waals surface area contributed by atoms with Crippen LogP contribution in [0.4, 0.5) is 0 Å². The van der Waals surface area contributed by atoms with Crippen molar-refractivity contribution in [2.45, 2.75) is 52.0 Å². The topological polar surface area (TPSA) is 94.0 Å². The smallest absolute Gasteiger partial charge is 0.292 e. The van der Waals surface area contributed by atoms with Crippen molar-refractivity contribution in [3.8, 4) is 0 Å². The van der Waals surface area contributed by atoms with E-state index in [2.05, 4.69) is 36.2 Å². The Morgan fingerprint density at radius 1 is 1.53 bits per heavy atom. The summed E-state index contributed by atoms with van der Waals surface area (Å²) in [5.74, 6) is 0.298. The molecule has 1 amide bonds. The van der Waals surface area contributed by atoms with E-state index in [1.165, 1.54) is 0 Å². The fourth-order valence-corrected chi connectivity index (χ4v) is 1.98. The first kappa shape index (κ1) is 14.0. The molecule has 1 unspecified atom stereocenters. The quantitative estimate of drug-likeness (QED) is 0.841. The van der Waals surface area contributed by atoms with Crippen LogP contribution in [0.25, 0.3) is 0 Å². The molecule has 0 spiro atoms. The lowest BCUT2D eigenvalue weighted by Gasteiger charge is -2.22. The number of carbonyl (C=O) groups is 1. The van der Waals surface area contributed by atoms with Crippen molar-refractivity contribution < 1.29 is 9.32 Å². The van der Waals surface area contributed by atoms with E-state index in [1.807, 2.05) is 0 Å². The van der Waals surface area contributed by atoms with Crippen LogP contribution >= 0.6 is 0 Å². The lowest BCUT2D eigenvalue weighted by atomic mass is 9.84. The number of rotatable bonds is 5. The minimum absolute atomic E-state index is 0.00465. The lowest BCUT2D eigenvalue weighted by molar-refractivity contribution is 0.0937. The molecule has 0 saturated heterocycles. The van der Waals surface area contributed by atoms with Gasteiger partial charge in [-0.3, -0.25) is 4.79 Å². The Balaban J connectivity index is 2.03. The van der Waals surface area contributed by atoms with E-state index in [9.17, 15) is 4.79 Å². The maximum atomic E-state index is 11.8. The second-order valence-corrected chi connectivity index (χ2v) is 6.40. The minimum atomic E-state index is -0.260. The van der Waals surface area contributed by atoms with Gasteiger partial charge in [0, 0.05) is 12.6 Å². The first-order valence-corrected chi connectivity index (χ1v) is 6.73. The molecular formula is C13H22N4O2. The molecule has 0 aliphatic heterocycles. The number of carbonyl (C=O) groups excluding carboxylic acids is 1. The van der Waals surface area contributed by atoms with Crippen LogP contribution in [0.15, 0.2) is 4.52 Å². The molecule has 1 aromatic heterocycles. The highest BCUT2D eigenvalue weighted by molar-refractivity contribution is 5.90. The van der Waals surface area contributed by atoms with Crippen molar-refractivity contribution in [2.24, 2.45) is 11.1 Å². The molecule has 3 N–H and O–H groups in total. The van der Waals surface area contributed by atoms with Crippen LogP contribution in [0.5, 0.6) is 0 Å². The Kier molecular flexibility index (Phi) is 3.89.